The molecule has 4 saturated carbocycles. The van der Waals surface area contributed by atoms with E-state index >= 15 is 0 Å². The number of fused-ring (bicyclic) bond motifs is 1. The normalized spacial score (nSPS) is 37.8. The van der Waals surface area contributed by atoms with Crippen molar-refractivity contribution in [3.05, 3.63) is 34.2 Å². The van der Waals surface area contributed by atoms with Crippen molar-refractivity contribution in [2.75, 3.05) is 0 Å². The summed E-state index contributed by atoms with van der Waals surface area (Å²) in [4.78, 5) is 17.1. The lowest BCUT2D eigenvalue weighted by atomic mass is 9.47. The van der Waals surface area contributed by atoms with E-state index in [1.165, 1.54) is 44.1 Å². The Bertz CT molecular complexity index is 752. The van der Waals surface area contributed by atoms with Gasteiger partial charge in [0.1, 0.15) is 0 Å². The lowest BCUT2D eigenvalue weighted by molar-refractivity contribution is -0.0677. The van der Waals surface area contributed by atoms with Crippen LogP contribution in [-0.4, -0.2) is 9.97 Å². The van der Waals surface area contributed by atoms with Gasteiger partial charge < -0.3 is 15.7 Å². The third kappa shape index (κ3) is 1.76. The molecule has 22 heavy (non-hydrogen) atoms. The third-order valence-corrected chi connectivity index (χ3v) is 6.64. The van der Waals surface area contributed by atoms with Gasteiger partial charge in [-0.25, -0.2) is 4.79 Å². The number of nitrogens with two attached hydrogens (primary N) is 1. The van der Waals surface area contributed by atoms with Gasteiger partial charge in [0.05, 0.1) is 11.0 Å². The molecule has 1 unspecified atom stereocenters. The molecular weight excluding hydrogens is 274 g/mol. The van der Waals surface area contributed by atoms with Crippen molar-refractivity contribution in [2.45, 2.75) is 44.6 Å². The largest absolute Gasteiger partial charge is 0.323 e. The van der Waals surface area contributed by atoms with Crippen LogP contribution >= 0.6 is 0 Å². The van der Waals surface area contributed by atoms with E-state index in [0.29, 0.717) is 5.41 Å². The lowest BCUT2D eigenvalue weighted by Crippen LogP contribution is -2.50. The minimum atomic E-state index is -0.143. The summed E-state index contributed by atoms with van der Waals surface area (Å²) in [6.07, 6.45) is 8.24. The molecule has 0 spiro atoms. The van der Waals surface area contributed by atoms with Gasteiger partial charge in [-0.3, -0.25) is 0 Å². The lowest BCUT2D eigenvalue weighted by Gasteiger charge is -2.59. The van der Waals surface area contributed by atoms with Crippen LogP contribution in [0.3, 0.4) is 0 Å². The first kappa shape index (κ1) is 12.9. The van der Waals surface area contributed by atoms with Gasteiger partial charge in [0.15, 0.2) is 0 Å². The van der Waals surface area contributed by atoms with Crippen molar-refractivity contribution in [3.8, 4) is 0 Å². The van der Waals surface area contributed by atoms with Gasteiger partial charge in [0, 0.05) is 6.04 Å². The minimum absolute atomic E-state index is 0.101. The standard InChI is InChI=1S/C18H23N3O/c19-16(13-1-2-14-15(6-13)21-17(22)20-14)18-7-10-3-11(8-18)5-12(4-10)9-18/h1-2,6,10-12,16H,3-5,7-9,19H2,(H2,20,21,22). The zero-order valence-electron chi connectivity index (χ0n) is 12.8. The van der Waals surface area contributed by atoms with E-state index in [1.807, 2.05) is 6.07 Å². The van der Waals surface area contributed by atoms with Crippen molar-refractivity contribution in [1.82, 2.24) is 9.97 Å². The Morgan fingerprint density at radius 3 is 2.23 bits per heavy atom. The molecule has 0 saturated heterocycles. The van der Waals surface area contributed by atoms with Crippen LogP contribution in [0.4, 0.5) is 0 Å². The molecule has 4 nitrogen and oxygen atoms in total. The van der Waals surface area contributed by atoms with Crippen LogP contribution in [0.5, 0.6) is 0 Å². The summed E-state index contributed by atoms with van der Waals surface area (Å²) in [6.45, 7) is 0. The Morgan fingerprint density at radius 1 is 1.00 bits per heavy atom. The van der Waals surface area contributed by atoms with Crippen molar-refractivity contribution in [3.63, 3.8) is 0 Å². The summed E-state index contributed by atoms with van der Waals surface area (Å²) in [6, 6.07) is 6.28. The molecule has 1 atom stereocenters. The number of imidazole rings is 1. The SMILES string of the molecule is NC(c1ccc2[nH]c(=O)[nH]c2c1)C12CC3CC(CC(C3)C1)C2. The van der Waals surface area contributed by atoms with Crippen LogP contribution in [0, 0.1) is 23.2 Å². The fourth-order valence-electron chi connectivity index (χ4n) is 6.16. The molecule has 1 aromatic heterocycles. The maximum absolute atomic E-state index is 11.4. The van der Waals surface area contributed by atoms with E-state index in [1.54, 1.807) is 0 Å². The van der Waals surface area contributed by atoms with Crippen LogP contribution in [0.1, 0.15) is 50.1 Å². The van der Waals surface area contributed by atoms with E-state index < -0.39 is 0 Å². The summed E-state index contributed by atoms with van der Waals surface area (Å²) in [5.74, 6) is 2.73. The molecule has 1 aromatic carbocycles. The highest BCUT2D eigenvalue weighted by Gasteiger charge is 2.53. The molecule has 1 heterocycles. The van der Waals surface area contributed by atoms with Gasteiger partial charge in [0.25, 0.3) is 0 Å². The van der Waals surface area contributed by atoms with Crippen molar-refractivity contribution in [1.29, 1.82) is 0 Å². The van der Waals surface area contributed by atoms with Crippen molar-refractivity contribution in [2.24, 2.45) is 28.9 Å². The number of rotatable bonds is 2. The van der Waals surface area contributed by atoms with Gasteiger partial charge in [0.2, 0.25) is 0 Å². The van der Waals surface area contributed by atoms with Crippen LogP contribution in [0.15, 0.2) is 23.0 Å². The first-order valence-corrected chi connectivity index (χ1v) is 8.59. The monoisotopic (exact) mass is 297 g/mol. The van der Waals surface area contributed by atoms with E-state index in [-0.39, 0.29) is 11.7 Å². The van der Waals surface area contributed by atoms with Gasteiger partial charge in [-0.05, 0) is 79.4 Å². The average Bonchev–Trinajstić information content (AvgIpc) is 2.84. The molecule has 6 rings (SSSR count). The maximum Gasteiger partial charge on any atom is 0.323 e. The van der Waals surface area contributed by atoms with Crippen molar-refractivity contribution >= 4 is 11.0 Å². The Kier molecular flexibility index (Phi) is 2.50. The number of nitrogens with one attached hydrogen (secondary N) is 2. The number of benzene rings is 1. The molecule has 4 aliphatic carbocycles. The van der Waals surface area contributed by atoms with Gasteiger partial charge in [-0.15, -0.1) is 0 Å². The highest BCUT2D eigenvalue weighted by molar-refractivity contribution is 5.75. The van der Waals surface area contributed by atoms with Gasteiger partial charge in [-0.1, -0.05) is 6.07 Å². The molecule has 0 aliphatic heterocycles. The second-order valence-corrected chi connectivity index (χ2v) is 8.14. The van der Waals surface area contributed by atoms with Crippen LogP contribution < -0.4 is 11.4 Å². The second kappa shape index (κ2) is 4.25. The predicted octanol–water partition coefficient (Wildman–Crippen LogP) is 3.07. The Labute approximate surface area is 129 Å². The molecule has 4 fully saturated rings. The number of aromatic nitrogens is 2. The zero-order chi connectivity index (χ0) is 14.9. The van der Waals surface area contributed by atoms with E-state index in [9.17, 15) is 4.79 Å². The Balaban J connectivity index is 1.54. The summed E-state index contributed by atoms with van der Waals surface area (Å²) in [5, 5.41) is 0. The summed E-state index contributed by atoms with van der Waals surface area (Å²) < 4.78 is 0. The van der Waals surface area contributed by atoms with Gasteiger partial charge in [-0.2, -0.15) is 0 Å². The van der Waals surface area contributed by atoms with Crippen LogP contribution in [-0.2, 0) is 0 Å². The summed E-state index contributed by atoms with van der Waals surface area (Å²) in [5.41, 5.74) is 9.88. The highest BCUT2D eigenvalue weighted by Crippen LogP contribution is 2.63. The molecule has 4 aliphatic rings. The molecule has 0 amide bonds. The minimum Gasteiger partial charge on any atom is -0.323 e. The topological polar surface area (TPSA) is 74.7 Å². The van der Waals surface area contributed by atoms with E-state index in [0.717, 1.165) is 28.8 Å². The fourth-order valence-corrected chi connectivity index (χ4v) is 6.16. The number of hydrogen-bond donors (Lipinski definition) is 3. The smallest absolute Gasteiger partial charge is 0.323 e. The maximum atomic E-state index is 11.4. The van der Waals surface area contributed by atoms with Crippen LogP contribution in [0.2, 0.25) is 0 Å². The number of hydrogen-bond acceptors (Lipinski definition) is 2. The second-order valence-electron chi connectivity index (χ2n) is 8.14. The molecule has 4 bridgehead atoms. The molecule has 4 heteroatoms. The number of aromatic amines is 2. The predicted molar refractivity (Wildman–Crippen MR) is 86.5 cm³/mol. The molecule has 0 radical (unpaired) electrons. The van der Waals surface area contributed by atoms with E-state index in [2.05, 4.69) is 22.1 Å². The van der Waals surface area contributed by atoms with E-state index in [4.69, 9.17) is 5.73 Å². The first-order chi connectivity index (χ1) is 10.6. The zero-order valence-corrected chi connectivity index (χ0v) is 12.8. The Hall–Kier alpha value is -1.55. The molecule has 4 N–H and O–H groups in total. The molecular formula is C18H23N3O. The van der Waals surface area contributed by atoms with Crippen LogP contribution in [0.25, 0.3) is 11.0 Å². The van der Waals surface area contributed by atoms with Crippen molar-refractivity contribution < 1.29 is 0 Å². The quantitative estimate of drug-likeness (QED) is 0.797. The first-order valence-electron chi connectivity index (χ1n) is 8.59. The fraction of sp³-hybridized carbons (Fsp3) is 0.611. The average molecular weight is 297 g/mol. The summed E-state index contributed by atoms with van der Waals surface area (Å²) >= 11 is 0. The highest BCUT2D eigenvalue weighted by atomic mass is 16.1. The third-order valence-electron chi connectivity index (χ3n) is 6.64. The molecule has 116 valence electrons. The Morgan fingerprint density at radius 2 is 1.59 bits per heavy atom. The molecule has 2 aromatic rings. The number of H-pyrrole nitrogens is 2. The summed E-state index contributed by atoms with van der Waals surface area (Å²) in [7, 11) is 0. The van der Waals surface area contributed by atoms with Gasteiger partial charge >= 0.3 is 5.69 Å².